The van der Waals surface area contributed by atoms with Gasteiger partial charge in [-0.3, -0.25) is 4.79 Å². The number of carbonyl (C=O) groups excluding carboxylic acids is 1. The van der Waals surface area contributed by atoms with Crippen molar-refractivity contribution in [2.75, 3.05) is 24.6 Å². The molecule has 2 aromatic carbocycles. The van der Waals surface area contributed by atoms with Crippen LogP contribution in [0.3, 0.4) is 0 Å². The summed E-state index contributed by atoms with van der Waals surface area (Å²) in [5.41, 5.74) is 2.45. The van der Waals surface area contributed by atoms with Crippen LogP contribution in [-0.4, -0.2) is 31.6 Å². The molecular weight excluding hydrogens is 386 g/mol. The van der Waals surface area contributed by atoms with E-state index in [-0.39, 0.29) is 12.0 Å². The summed E-state index contributed by atoms with van der Waals surface area (Å²) < 4.78 is 12.1. The van der Waals surface area contributed by atoms with E-state index < -0.39 is 0 Å². The number of Topliss-reactive ketones (excluding diaryl/α,β-unsaturated/α-hetero) is 1. The Morgan fingerprint density at radius 1 is 0.968 bits per heavy atom. The highest BCUT2D eigenvalue weighted by Gasteiger charge is 2.30. The third-order valence-corrected chi connectivity index (χ3v) is 6.82. The summed E-state index contributed by atoms with van der Waals surface area (Å²) in [5, 5.41) is 0. The molecule has 2 atom stereocenters. The lowest BCUT2D eigenvalue weighted by atomic mass is 9.94. The highest BCUT2D eigenvalue weighted by Crippen LogP contribution is 2.34. The summed E-state index contributed by atoms with van der Waals surface area (Å²) in [6, 6.07) is 16.8. The molecular formula is C27H33NO3. The summed E-state index contributed by atoms with van der Waals surface area (Å²) in [6.45, 7) is 4.91. The minimum atomic E-state index is 0.200. The molecule has 1 saturated heterocycles. The first-order chi connectivity index (χ1) is 15.1. The minimum absolute atomic E-state index is 0.200. The summed E-state index contributed by atoms with van der Waals surface area (Å²) in [4.78, 5) is 14.5. The molecule has 0 spiro atoms. The Bertz CT molecular complexity index is 884. The van der Waals surface area contributed by atoms with Crippen LogP contribution in [0.4, 0.5) is 5.69 Å². The number of hydrogen-bond donors (Lipinski definition) is 0. The highest BCUT2D eigenvalue weighted by molar-refractivity contribution is 5.83. The van der Waals surface area contributed by atoms with Gasteiger partial charge in [-0.15, -0.1) is 0 Å². The van der Waals surface area contributed by atoms with Gasteiger partial charge in [0.2, 0.25) is 0 Å². The number of benzene rings is 2. The SMILES string of the molecule is C[C@H](CC(=O)C1CC1)c1ccc(OC2CCN(c3ccc(OCC4CC4)cc3)C2)cc1. The molecule has 0 amide bonds. The van der Waals surface area contributed by atoms with Crippen LogP contribution in [-0.2, 0) is 4.79 Å². The Kier molecular flexibility index (Phi) is 5.89. The number of ether oxygens (including phenoxy) is 2. The van der Waals surface area contributed by atoms with Crippen LogP contribution in [0.15, 0.2) is 48.5 Å². The van der Waals surface area contributed by atoms with E-state index in [9.17, 15) is 4.79 Å². The van der Waals surface area contributed by atoms with Crippen molar-refractivity contribution in [3.63, 3.8) is 0 Å². The van der Waals surface area contributed by atoms with Gasteiger partial charge >= 0.3 is 0 Å². The van der Waals surface area contributed by atoms with E-state index in [4.69, 9.17) is 9.47 Å². The number of nitrogens with zero attached hydrogens (tertiary/aromatic N) is 1. The summed E-state index contributed by atoms with van der Waals surface area (Å²) in [7, 11) is 0. The zero-order valence-corrected chi connectivity index (χ0v) is 18.5. The van der Waals surface area contributed by atoms with Gasteiger partial charge in [-0.25, -0.2) is 0 Å². The first-order valence-electron chi connectivity index (χ1n) is 11.9. The molecule has 0 bridgehead atoms. The minimum Gasteiger partial charge on any atom is -0.493 e. The van der Waals surface area contributed by atoms with E-state index in [1.54, 1.807) is 0 Å². The Morgan fingerprint density at radius 2 is 1.68 bits per heavy atom. The topological polar surface area (TPSA) is 38.8 Å². The average molecular weight is 420 g/mol. The molecule has 3 fully saturated rings. The normalized spacial score (nSPS) is 21.7. The maximum Gasteiger partial charge on any atom is 0.136 e. The predicted octanol–water partition coefficient (Wildman–Crippen LogP) is 5.61. The lowest BCUT2D eigenvalue weighted by Crippen LogP contribution is -2.24. The van der Waals surface area contributed by atoms with Crippen LogP contribution in [0.1, 0.15) is 56.9 Å². The Morgan fingerprint density at radius 3 is 2.35 bits per heavy atom. The lowest BCUT2D eigenvalue weighted by molar-refractivity contribution is -0.120. The van der Waals surface area contributed by atoms with Gasteiger partial charge in [-0.05, 0) is 79.5 Å². The van der Waals surface area contributed by atoms with E-state index in [0.717, 1.165) is 56.4 Å². The summed E-state index contributed by atoms with van der Waals surface area (Å²) in [5.74, 6) is 3.72. The summed E-state index contributed by atoms with van der Waals surface area (Å²) >= 11 is 0. The smallest absolute Gasteiger partial charge is 0.136 e. The quantitative estimate of drug-likeness (QED) is 0.502. The van der Waals surface area contributed by atoms with Gasteiger partial charge in [0.1, 0.15) is 23.4 Å². The fourth-order valence-electron chi connectivity index (χ4n) is 4.37. The third-order valence-electron chi connectivity index (χ3n) is 6.82. The molecule has 0 radical (unpaired) electrons. The van der Waals surface area contributed by atoms with Crippen molar-refractivity contribution >= 4 is 11.5 Å². The maximum atomic E-state index is 12.1. The molecule has 5 rings (SSSR count). The Balaban J connectivity index is 1.10. The van der Waals surface area contributed by atoms with Crippen molar-refractivity contribution in [1.29, 1.82) is 0 Å². The molecule has 1 heterocycles. The first kappa shape index (κ1) is 20.4. The number of rotatable bonds is 10. The number of ketones is 1. The van der Waals surface area contributed by atoms with E-state index in [1.807, 2.05) is 0 Å². The standard InChI is InChI=1S/C27H33NO3/c1-19(16-27(29)22-4-5-22)21-6-10-25(11-7-21)31-26-14-15-28(17-26)23-8-12-24(13-9-23)30-18-20-2-3-20/h6-13,19-20,22,26H,2-5,14-18H2,1H3/t19-,26?/m1/s1. The number of hydrogen-bond acceptors (Lipinski definition) is 4. The first-order valence-corrected chi connectivity index (χ1v) is 11.9. The zero-order valence-electron chi connectivity index (χ0n) is 18.5. The second-order valence-corrected chi connectivity index (χ2v) is 9.64. The van der Waals surface area contributed by atoms with Gasteiger partial charge < -0.3 is 14.4 Å². The largest absolute Gasteiger partial charge is 0.493 e. The van der Waals surface area contributed by atoms with Crippen molar-refractivity contribution in [3.05, 3.63) is 54.1 Å². The van der Waals surface area contributed by atoms with E-state index in [1.165, 1.54) is 24.1 Å². The van der Waals surface area contributed by atoms with Crippen molar-refractivity contribution < 1.29 is 14.3 Å². The van der Waals surface area contributed by atoms with Crippen LogP contribution in [0.5, 0.6) is 11.5 Å². The molecule has 0 N–H and O–H groups in total. The Labute approximate surface area is 185 Å². The van der Waals surface area contributed by atoms with Gasteiger partial charge in [0.05, 0.1) is 13.2 Å². The van der Waals surface area contributed by atoms with Gasteiger partial charge in [0.15, 0.2) is 0 Å². The summed E-state index contributed by atoms with van der Waals surface area (Å²) in [6.07, 6.45) is 6.69. The predicted molar refractivity (Wildman–Crippen MR) is 123 cm³/mol. The monoisotopic (exact) mass is 419 g/mol. The van der Waals surface area contributed by atoms with Crippen molar-refractivity contribution in [3.8, 4) is 11.5 Å². The molecule has 4 heteroatoms. The van der Waals surface area contributed by atoms with Gasteiger partial charge in [0.25, 0.3) is 0 Å². The maximum absolute atomic E-state index is 12.1. The van der Waals surface area contributed by atoms with Crippen molar-refractivity contribution in [1.82, 2.24) is 0 Å². The molecule has 0 aromatic heterocycles. The molecule has 3 aliphatic rings. The molecule has 1 unspecified atom stereocenters. The lowest BCUT2D eigenvalue weighted by Gasteiger charge is -2.20. The molecule has 164 valence electrons. The number of carbonyl (C=O) groups is 1. The second-order valence-electron chi connectivity index (χ2n) is 9.64. The van der Waals surface area contributed by atoms with E-state index in [0.29, 0.717) is 18.1 Å². The van der Waals surface area contributed by atoms with Crippen molar-refractivity contribution in [2.45, 2.75) is 57.5 Å². The molecule has 2 aliphatic carbocycles. The zero-order chi connectivity index (χ0) is 21.2. The van der Waals surface area contributed by atoms with Crippen LogP contribution in [0, 0.1) is 11.8 Å². The fraction of sp³-hybridized carbons (Fsp3) is 0.519. The third kappa shape index (κ3) is 5.41. The highest BCUT2D eigenvalue weighted by atomic mass is 16.5. The van der Waals surface area contributed by atoms with Crippen LogP contribution in [0.25, 0.3) is 0 Å². The van der Waals surface area contributed by atoms with Crippen LogP contribution in [0.2, 0.25) is 0 Å². The van der Waals surface area contributed by atoms with Crippen LogP contribution < -0.4 is 14.4 Å². The van der Waals surface area contributed by atoms with Gasteiger partial charge in [-0.1, -0.05) is 19.1 Å². The molecule has 1 aliphatic heterocycles. The second kappa shape index (κ2) is 8.94. The van der Waals surface area contributed by atoms with Gasteiger partial charge in [-0.2, -0.15) is 0 Å². The van der Waals surface area contributed by atoms with Gasteiger partial charge in [0, 0.05) is 31.0 Å². The fourth-order valence-corrected chi connectivity index (χ4v) is 4.37. The number of anilines is 1. The molecule has 31 heavy (non-hydrogen) atoms. The van der Waals surface area contributed by atoms with E-state index >= 15 is 0 Å². The Hall–Kier alpha value is -2.49. The molecule has 4 nitrogen and oxygen atoms in total. The van der Waals surface area contributed by atoms with E-state index in [2.05, 4.69) is 60.4 Å². The van der Waals surface area contributed by atoms with Crippen LogP contribution >= 0.6 is 0 Å². The van der Waals surface area contributed by atoms with Crippen molar-refractivity contribution in [2.24, 2.45) is 11.8 Å². The molecule has 2 aromatic rings. The average Bonchev–Trinajstić information content (AvgIpc) is 3.72. The molecule has 2 saturated carbocycles.